The highest BCUT2D eigenvalue weighted by molar-refractivity contribution is 9.10. The molecule has 0 aliphatic carbocycles. The average molecular weight is 559 g/mol. The second-order valence-corrected chi connectivity index (χ2v) is 9.72. The largest absolute Gasteiger partial charge is 0.493 e. The molecule has 3 heterocycles. The summed E-state index contributed by atoms with van der Waals surface area (Å²) in [5, 5.41) is 21.3. The van der Waals surface area contributed by atoms with E-state index in [0.29, 0.717) is 17.4 Å². The molecule has 2 aromatic heterocycles. The van der Waals surface area contributed by atoms with Crippen LogP contribution in [-0.2, 0) is 6.67 Å². The second kappa shape index (κ2) is 9.46. The number of azo groups is 1. The first-order chi connectivity index (χ1) is 16.4. The fraction of sp³-hybridized carbons (Fsp3) is 0.217. The van der Waals surface area contributed by atoms with Gasteiger partial charge < -0.3 is 15.7 Å². The monoisotopic (exact) mass is 557 g/mol. The molecule has 11 heteroatoms. The Hall–Kier alpha value is -2.79. The van der Waals surface area contributed by atoms with Crippen LogP contribution in [0.15, 0.2) is 63.4 Å². The molecule has 8 nitrogen and oxygen atoms in total. The number of nitrogens with zero attached hydrogens (tertiary/aromatic N) is 6. The standard InChI is InChI=1S/C23H21BrClN7OS/c24-16-2-1-3-19-20(16)21(28-29-23(26)34)22(33)32(19)13-30-8-10-31(11-9-30)18-6-7-27-17-12-14(25)4-5-15(17)18/h1-7,12,33H,8-11,13H2,(H2,26,34). The Balaban J connectivity index is 1.39. The van der Waals surface area contributed by atoms with Crippen LogP contribution in [-0.4, -0.2) is 50.8 Å². The van der Waals surface area contributed by atoms with Crippen molar-refractivity contribution in [3.63, 3.8) is 0 Å². The molecule has 2 aromatic carbocycles. The SMILES string of the molecule is NC(=S)N=Nc1c(O)n(CN2CCN(c3ccnc4cc(Cl)ccc34)CC2)c2cccc(Br)c12. The Labute approximate surface area is 214 Å². The molecule has 1 aliphatic rings. The van der Waals surface area contributed by atoms with Gasteiger partial charge in [-0.2, -0.15) is 0 Å². The Morgan fingerprint density at radius 3 is 2.74 bits per heavy atom. The third-order valence-electron chi connectivity index (χ3n) is 5.97. The van der Waals surface area contributed by atoms with E-state index in [-0.39, 0.29) is 11.0 Å². The Morgan fingerprint density at radius 2 is 1.97 bits per heavy atom. The summed E-state index contributed by atoms with van der Waals surface area (Å²) in [6.45, 7) is 3.86. The fourth-order valence-corrected chi connectivity index (χ4v) is 5.13. The third-order valence-corrected chi connectivity index (χ3v) is 6.95. The summed E-state index contributed by atoms with van der Waals surface area (Å²) in [5.41, 5.74) is 8.71. The predicted molar refractivity (Wildman–Crippen MR) is 143 cm³/mol. The number of anilines is 1. The molecule has 1 saturated heterocycles. The van der Waals surface area contributed by atoms with Crippen molar-refractivity contribution in [2.75, 3.05) is 31.1 Å². The van der Waals surface area contributed by atoms with Crippen molar-refractivity contribution in [3.05, 3.63) is 58.2 Å². The topological polar surface area (TPSA) is 95.3 Å². The molecule has 0 radical (unpaired) electrons. The van der Waals surface area contributed by atoms with Crippen LogP contribution in [0, 0.1) is 0 Å². The highest BCUT2D eigenvalue weighted by atomic mass is 79.9. The molecule has 0 atom stereocenters. The van der Waals surface area contributed by atoms with Gasteiger partial charge in [0.1, 0.15) is 0 Å². The molecule has 0 spiro atoms. The van der Waals surface area contributed by atoms with Crippen LogP contribution in [0.1, 0.15) is 0 Å². The molecule has 0 saturated carbocycles. The summed E-state index contributed by atoms with van der Waals surface area (Å²) in [7, 11) is 0. The van der Waals surface area contributed by atoms with E-state index in [1.165, 1.54) is 0 Å². The highest BCUT2D eigenvalue weighted by Gasteiger charge is 2.23. The number of rotatable bonds is 4. The molecule has 0 unspecified atom stereocenters. The predicted octanol–water partition coefficient (Wildman–Crippen LogP) is 5.42. The van der Waals surface area contributed by atoms with Crippen molar-refractivity contribution in [1.82, 2.24) is 14.5 Å². The number of piperazine rings is 1. The molecule has 1 aliphatic heterocycles. The van der Waals surface area contributed by atoms with E-state index >= 15 is 0 Å². The minimum Gasteiger partial charge on any atom is -0.493 e. The van der Waals surface area contributed by atoms with Crippen LogP contribution in [0.5, 0.6) is 5.88 Å². The average Bonchev–Trinajstić information content (AvgIpc) is 3.09. The summed E-state index contributed by atoms with van der Waals surface area (Å²) >= 11 is 14.5. The molecular weight excluding hydrogens is 538 g/mol. The van der Waals surface area contributed by atoms with Gasteiger partial charge in [-0.1, -0.05) is 33.6 Å². The number of aromatic hydroxyl groups is 1. The maximum atomic E-state index is 11.0. The fourth-order valence-electron chi connectivity index (χ4n) is 4.38. The molecule has 0 bridgehead atoms. The van der Waals surface area contributed by atoms with Gasteiger partial charge in [-0.15, -0.1) is 10.2 Å². The molecule has 0 amide bonds. The van der Waals surface area contributed by atoms with E-state index in [9.17, 15) is 5.11 Å². The summed E-state index contributed by atoms with van der Waals surface area (Å²) in [4.78, 5) is 9.11. The number of fused-ring (bicyclic) bond motifs is 2. The van der Waals surface area contributed by atoms with Gasteiger partial charge in [-0.25, -0.2) is 0 Å². The number of benzene rings is 2. The van der Waals surface area contributed by atoms with Gasteiger partial charge in [0, 0.05) is 58.3 Å². The summed E-state index contributed by atoms with van der Waals surface area (Å²) in [5.74, 6) is 0.0290. The zero-order valence-electron chi connectivity index (χ0n) is 18.0. The summed E-state index contributed by atoms with van der Waals surface area (Å²) in [6.07, 6.45) is 1.82. The number of nitrogens with two attached hydrogens (primary N) is 1. The first-order valence-corrected chi connectivity index (χ1v) is 12.2. The molecular formula is C23H21BrClN7OS. The van der Waals surface area contributed by atoms with Gasteiger partial charge in [-0.3, -0.25) is 14.5 Å². The normalized spacial score (nSPS) is 15.1. The molecule has 5 rings (SSSR count). The lowest BCUT2D eigenvalue weighted by Gasteiger charge is -2.36. The highest BCUT2D eigenvalue weighted by Crippen LogP contribution is 2.42. The van der Waals surface area contributed by atoms with Gasteiger partial charge in [0.2, 0.25) is 11.0 Å². The van der Waals surface area contributed by atoms with Crippen LogP contribution in [0.2, 0.25) is 5.02 Å². The van der Waals surface area contributed by atoms with Gasteiger partial charge >= 0.3 is 0 Å². The lowest BCUT2D eigenvalue weighted by molar-refractivity contribution is 0.200. The lowest BCUT2D eigenvalue weighted by atomic mass is 10.1. The second-order valence-electron chi connectivity index (χ2n) is 8.01. The van der Waals surface area contributed by atoms with E-state index in [1.807, 2.05) is 53.2 Å². The smallest absolute Gasteiger partial charge is 0.221 e. The van der Waals surface area contributed by atoms with Gasteiger partial charge in [-0.05, 0) is 48.6 Å². The molecule has 1 fully saturated rings. The molecule has 4 aromatic rings. The van der Waals surface area contributed by atoms with Crippen molar-refractivity contribution in [2.45, 2.75) is 6.67 Å². The quantitative estimate of drug-likeness (QED) is 0.257. The van der Waals surface area contributed by atoms with Crippen LogP contribution in [0.25, 0.3) is 21.8 Å². The number of pyridine rings is 1. The number of hydrogen-bond donors (Lipinski definition) is 2. The van der Waals surface area contributed by atoms with Crippen molar-refractivity contribution in [1.29, 1.82) is 0 Å². The van der Waals surface area contributed by atoms with Crippen molar-refractivity contribution in [2.24, 2.45) is 16.0 Å². The van der Waals surface area contributed by atoms with Gasteiger partial charge in [0.25, 0.3) is 0 Å². The van der Waals surface area contributed by atoms with E-state index in [1.54, 1.807) is 0 Å². The Kier molecular flexibility index (Phi) is 6.39. The van der Waals surface area contributed by atoms with Crippen LogP contribution >= 0.6 is 39.7 Å². The van der Waals surface area contributed by atoms with E-state index in [4.69, 9.17) is 29.6 Å². The number of halogens is 2. The first kappa shape index (κ1) is 23.0. The van der Waals surface area contributed by atoms with Crippen molar-refractivity contribution in [3.8, 4) is 5.88 Å². The summed E-state index contributed by atoms with van der Waals surface area (Å²) < 4.78 is 2.65. The van der Waals surface area contributed by atoms with Crippen LogP contribution < -0.4 is 10.6 Å². The zero-order valence-corrected chi connectivity index (χ0v) is 21.2. The Morgan fingerprint density at radius 1 is 1.18 bits per heavy atom. The van der Waals surface area contributed by atoms with Crippen LogP contribution in [0.4, 0.5) is 11.4 Å². The lowest BCUT2D eigenvalue weighted by Crippen LogP contribution is -2.46. The Bertz CT molecular complexity index is 1430. The van der Waals surface area contributed by atoms with Crippen LogP contribution in [0.3, 0.4) is 0 Å². The van der Waals surface area contributed by atoms with E-state index in [0.717, 1.165) is 58.1 Å². The van der Waals surface area contributed by atoms with Gasteiger partial charge in [0.15, 0.2) is 5.69 Å². The first-order valence-electron chi connectivity index (χ1n) is 10.6. The molecule has 34 heavy (non-hydrogen) atoms. The summed E-state index contributed by atoms with van der Waals surface area (Å²) in [6, 6.07) is 13.6. The minimum atomic E-state index is -0.0885. The molecule has 3 N–H and O–H groups in total. The maximum Gasteiger partial charge on any atom is 0.221 e. The number of thiocarbonyl (C=S) groups is 1. The van der Waals surface area contributed by atoms with E-state index < -0.39 is 0 Å². The number of hydrogen-bond acceptors (Lipinski definition) is 6. The number of aromatic nitrogens is 2. The van der Waals surface area contributed by atoms with Crippen molar-refractivity contribution < 1.29 is 5.11 Å². The van der Waals surface area contributed by atoms with E-state index in [2.05, 4.69) is 40.9 Å². The maximum absolute atomic E-state index is 11.0. The van der Waals surface area contributed by atoms with Gasteiger partial charge in [0.05, 0.1) is 17.7 Å². The minimum absolute atomic E-state index is 0.0290. The third kappa shape index (κ3) is 4.34. The molecule has 174 valence electrons. The zero-order chi connectivity index (χ0) is 23.8. The van der Waals surface area contributed by atoms with Crippen molar-refractivity contribution >= 4 is 78.0 Å².